The maximum atomic E-state index is 10.9. The quantitative estimate of drug-likeness (QED) is 0.875. The Hall–Kier alpha value is -2.04. The molecule has 1 aliphatic carbocycles. The average Bonchev–Trinajstić information content (AvgIpc) is 2.57. The molecule has 2 unspecified atom stereocenters. The summed E-state index contributed by atoms with van der Waals surface area (Å²) in [6.45, 7) is -0.118. The first-order chi connectivity index (χ1) is 11.5. The van der Waals surface area contributed by atoms with Gasteiger partial charge in [0.2, 0.25) is 0 Å². The van der Waals surface area contributed by atoms with Gasteiger partial charge in [-0.15, -0.1) is 0 Å². The number of aryl methyl sites for hydroxylation is 1. The maximum absolute atomic E-state index is 10.9. The summed E-state index contributed by atoms with van der Waals surface area (Å²) in [5, 5.41) is 0.731. The zero-order chi connectivity index (χ0) is 17.1. The third kappa shape index (κ3) is 3.89. The summed E-state index contributed by atoms with van der Waals surface area (Å²) in [7, 11) is 0. The zero-order valence-electron chi connectivity index (χ0n) is 13.4. The van der Waals surface area contributed by atoms with E-state index in [0.29, 0.717) is 5.75 Å². The Morgan fingerprint density at radius 2 is 1.96 bits per heavy atom. The van der Waals surface area contributed by atoms with Crippen molar-refractivity contribution in [1.82, 2.24) is 0 Å². The minimum atomic E-state index is -0.484. The topological polar surface area (TPSA) is 78.3 Å². The molecule has 0 fully saturated rings. The summed E-state index contributed by atoms with van der Waals surface area (Å²) < 4.78 is 5.45. The Bertz CT molecular complexity index is 731. The fourth-order valence-electron chi connectivity index (χ4n) is 3.28. The molecule has 2 aromatic carbocycles. The lowest BCUT2D eigenvalue weighted by Crippen LogP contribution is -2.34. The first-order valence-corrected chi connectivity index (χ1v) is 8.44. The van der Waals surface area contributed by atoms with Crippen molar-refractivity contribution in [2.24, 2.45) is 11.5 Å². The number of carbonyl (C=O) groups is 1. The summed E-state index contributed by atoms with van der Waals surface area (Å²) in [5.74, 6) is 0.386. The molecule has 0 aromatic heterocycles. The van der Waals surface area contributed by atoms with Crippen LogP contribution in [0.1, 0.15) is 29.0 Å². The van der Waals surface area contributed by atoms with Gasteiger partial charge in [-0.1, -0.05) is 29.8 Å². The Labute approximate surface area is 146 Å². The van der Waals surface area contributed by atoms with E-state index in [4.69, 9.17) is 27.8 Å². The van der Waals surface area contributed by atoms with Gasteiger partial charge in [-0.2, -0.15) is 0 Å². The number of amides is 1. The van der Waals surface area contributed by atoms with Gasteiger partial charge < -0.3 is 16.2 Å². The minimum absolute atomic E-state index is 0.0968. The van der Waals surface area contributed by atoms with Crippen LogP contribution in [-0.4, -0.2) is 18.6 Å². The van der Waals surface area contributed by atoms with Gasteiger partial charge in [0, 0.05) is 17.0 Å². The summed E-state index contributed by atoms with van der Waals surface area (Å²) in [5.41, 5.74) is 15.2. The molecule has 3 rings (SSSR count). The van der Waals surface area contributed by atoms with Crippen molar-refractivity contribution in [1.29, 1.82) is 0 Å². The van der Waals surface area contributed by atoms with Crippen LogP contribution in [0.3, 0.4) is 0 Å². The third-order valence-corrected chi connectivity index (χ3v) is 4.78. The lowest BCUT2D eigenvalue weighted by Gasteiger charge is -2.32. The van der Waals surface area contributed by atoms with Gasteiger partial charge in [0.25, 0.3) is 5.91 Å². The fourth-order valence-corrected chi connectivity index (χ4v) is 3.41. The number of carbonyl (C=O) groups excluding carboxylic acids is 1. The Balaban J connectivity index is 1.86. The second kappa shape index (κ2) is 7.24. The Morgan fingerprint density at radius 1 is 1.21 bits per heavy atom. The number of fused-ring (bicyclic) bond motifs is 1. The van der Waals surface area contributed by atoms with Gasteiger partial charge in [-0.3, -0.25) is 4.79 Å². The van der Waals surface area contributed by atoms with E-state index in [2.05, 4.69) is 6.07 Å². The van der Waals surface area contributed by atoms with E-state index in [9.17, 15) is 4.79 Å². The van der Waals surface area contributed by atoms with Crippen LogP contribution >= 0.6 is 11.6 Å². The molecule has 126 valence electrons. The van der Waals surface area contributed by atoms with Crippen LogP contribution < -0.4 is 16.2 Å². The number of primary amides is 1. The SMILES string of the molecule is NC(=O)COc1ccc2c(c1)C(Cc1ccc(Cl)cc1)C(N)CC2. The van der Waals surface area contributed by atoms with E-state index < -0.39 is 5.91 Å². The standard InChI is InChI=1S/C19H21ClN2O2/c20-14-5-1-12(2-6-14)9-17-16-10-15(24-11-19(22)23)7-3-13(16)4-8-18(17)21/h1-3,5-7,10,17-18H,4,8-9,11,21H2,(H2,22,23). The number of halogens is 1. The van der Waals surface area contributed by atoms with Crippen molar-refractivity contribution in [3.05, 3.63) is 64.2 Å². The van der Waals surface area contributed by atoms with Gasteiger partial charge in [0.15, 0.2) is 6.61 Å². The number of ether oxygens (including phenoxy) is 1. The van der Waals surface area contributed by atoms with Crippen LogP contribution in [0.4, 0.5) is 0 Å². The molecule has 0 aliphatic heterocycles. The molecule has 1 amide bonds. The third-order valence-electron chi connectivity index (χ3n) is 4.53. The summed E-state index contributed by atoms with van der Waals surface area (Å²) in [6.07, 6.45) is 2.78. The number of hydrogen-bond acceptors (Lipinski definition) is 3. The lowest BCUT2D eigenvalue weighted by atomic mass is 9.76. The maximum Gasteiger partial charge on any atom is 0.255 e. The van der Waals surface area contributed by atoms with Crippen molar-refractivity contribution in [3.63, 3.8) is 0 Å². The van der Waals surface area contributed by atoms with E-state index in [1.807, 2.05) is 36.4 Å². The molecule has 2 aromatic rings. The first-order valence-electron chi connectivity index (χ1n) is 8.07. The van der Waals surface area contributed by atoms with Gasteiger partial charge in [0.1, 0.15) is 5.75 Å². The van der Waals surface area contributed by atoms with E-state index in [0.717, 1.165) is 24.3 Å². The molecular formula is C19H21ClN2O2. The van der Waals surface area contributed by atoms with E-state index in [-0.39, 0.29) is 18.6 Å². The van der Waals surface area contributed by atoms with Crippen molar-refractivity contribution in [2.45, 2.75) is 31.2 Å². The van der Waals surface area contributed by atoms with E-state index >= 15 is 0 Å². The van der Waals surface area contributed by atoms with Gasteiger partial charge >= 0.3 is 0 Å². The number of benzene rings is 2. The van der Waals surface area contributed by atoms with Gasteiger partial charge in [0.05, 0.1) is 0 Å². The van der Waals surface area contributed by atoms with Crippen molar-refractivity contribution >= 4 is 17.5 Å². The second-order valence-electron chi connectivity index (χ2n) is 6.26. The molecule has 0 heterocycles. The molecule has 0 saturated heterocycles. The lowest BCUT2D eigenvalue weighted by molar-refractivity contribution is -0.119. The molecule has 0 spiro atoms. The number of hydrogen-bond donors (Lipinski definition) is 2. The van der Waals surface area contributed by atoms with Crippen LogP contribution in [0.5, 0.6) is 5.75 Å². The summed E-state index contributed by atoms with van der Waals surface area (Å²) in [6, 6.07) is 13.9. The normalized spacial score (nSPS) is 19.6. The predicted octanol–water partition coefficient (Wildman–Crippen LogP) is 2.80. The largest absolute Gasteiger partial charge is 0.484 e. The van der Waals surface area contributed by atoms with E-state index in [1.54, 1.807) is 0 Å². The van der Waals surface area contributed by atoms with Crippen LogP contribution in [0.2, 0.25) is 5.02 Å². The highest BCUT2D eigenvalue weighted by Crippen LogP contribution is 2.36. The molecule has 4 N–H and O–H groups in total. The molecule has 5 heteroatoms. The van der Waals surface area contributed by atoms with Crippen molar-refractivity contribution in [2.75, 3.05) is 6.61 Å². The monoisotopic (exact) mass is 344 g/mol. The zero-order valence-corrected chi connectivity index (χ0v) is 14.1. The Kier molecular flexibility index (Phi) is 5.07. The molecule has 0 bridgehead atoms. The van der Waals surface area contributed by atoms with Crippen molar-refractivity contribution < 1.29 is 9.53 Å². The van der Waals surface area contributed by atoms with Crippen LogP contribution in [0.15, 0.2) is 42.5 Å². The smallest absolute Gasteiger partial charge is 0.255 e. The molecule has 24 heavy (non-hydrogen) atoms. The average molecular weight is 345 g/mol. The summed E-state index contributed by atoms with van der Waals surface area (Å²) >= 11 is 5.97. The van der Waals surface area contributed by atoms with Gasteiger partial charge in [-0.25, -0.2) is 0 Å². The fraction of sp³-hybridized carbons (Fsp3) is 0.316. The second-order valence-corrected chi connectivity index (χ2v) is 6.69. The molecule has 0 radical (unpaired) electrons. The molecular weight excluding hydrogens is 324 g/mol. The first kappa shape index (κ1) is 16.8. The Morgan fingerprint density at radius 3 is 2.67 bits per heavy atom. The number of rotatable bonds is 5. The number of nitrogens with two attached hydrogens (primary N) is 2. The molecule has 0 saturated carbocycles. The molecule has 1 aliphatic rings. The highest BCUT2D eigenvalue weighted by Gasteiger charge is 2.27. The van der Waals surface area contributed by atoms with Crippen LogP contribution in [0, 0.1) is 0 Å². The van der Waals surface area contributed by atoms with Crippen LogP contribution in [-0.2, 0) is 17.6 Å². The summed E-state index contributed by atoms with van der Waals surface area (Å²) in [4.78, 5) is 10.9. The highest BCUT2D eigenvalue weighted by atomic mass is 35.5. The minimum Gasteiger partial charge on any atom is -0.484 e. The van der Waals surface area contributed by atoms with E-state index in [1.165, 1.54) is 16.7 Å². The molecule has 4 nitrogen and oxygen atoms in total. The van der Waals surface area contributed by atoms with Crippen LogP contribution in [0.25, 0.3) is 0 Å². The van der Waals surface area contributed by atoms with Crippen molar-refractivity contribution in [3.8, 4) is 5.75 Å². The predicted molar refractivity (Wildman–Crippen MR) is 95.3 cm³/mol. The van der Waals surface area contributed by atoms with Gasteiger partial charge in [-0.05, 0) is 60.2 Å². The highest BCUT2D eigenvalue weighted by molar-refractivity contribution is 6.30. The molecule has 2 atom stereocenters.